The van der Waals surface area contributed by atoms with Crippen molar-refractivity contribution in [3.8, 4) is 0 Å². The molecule has 1 aliphatic carbocycles. The van der Waals surface area contributed by atoms with E-state index in [4.69, 9.17) is 0 Å². The van der Waals surface area contributed by atoms with E-state index in [-0.39, 0.29) is 66.9 Å². The van der Waals surface area contributed by atoms with Gasteiger partial charge in [0.1, 0.15) is 21.8 Å². The van der Waals surface area contributed by atoms with Gasteiger partial charge in [0.15, 0.2) is 5.71 Å². The average molecular weight is 1180 g/mol. The molecule has 23 nitrogen and oxygen atoms in total. The third-order valence-corrected chi connectivity index (χ3v) is 18.4. The van der Waals surface area contributed by atoms with E-state index in [1.165, 1.54) is 12.1 Å². The van der Waals surface area contributed by atoms with Crippen LogP contribution >= 0.6 is 0 Å². The molecule has 8 N–H and O–H groups in total. The lowest BCUT2D eigenvalue weighted by molar-refractivity contribution is -0.433. The van der Waals surface area contributed by atoms with Crippen molar-refractivity contribution in [2.24, 2.45) is 5.41 Å². The Hall–Kier alpha value is -6.21. The highest BCUT2D eigenvalue weighted by Crippen LogP contribution is 2.52. The molecule has 4 aromatic carbocycles. The number of fused-ring (bicyclic) bond motifs is 6. The van der Waals surface area contributed by atoms with Gasteiger partial charge in [-0.3, -0.25) is 37.1 Å². The van der Waals surface area contributed by atoms with Gasteiger partial charge in [0.25, 0.3) is 50.6 Å². The number of carboxylic acids is 1. The van der Waals surface area contributed by atoms with Crippen LogP contribution in [0.25, 0.3) is 21.5 Å². The molecule has 0 bridgehead atoms. The number of carbonyl (C=O) groups is 3. The van der Waals surface area contributed by atoms with Crippen LogP contribution in [0.4, 0.5) is 11.4 Å². The molecular weight excluding hydrogens is 1120 g/mol. The molecule has 420 valence electrons. The van der Waals surface area contributed by atoms with Crippen LogP contribution in [0.15, 0.2) is 115 Å². The SMILES string of the molecule is CCN1/C(=C/C=C2C=C(/C=C/C3=[N+](CC)c4ccc5c(S(=O)(=O)O)cc(S(=O)(=O)O)cc5c4C3(C)C)CC(C(=O)NCCCC(=O)O)(C(=O)NCCS(=O)(=O)O)C/2)C(C)(C)c2c1ccc1c(S(=O)(=O)O)cc(S(=O)(=O)O)cc21. The minimum atomic E-state index is -5.06. The van der Waals surface area contributed by atoms with Crippen LogP contribution in [0.3, 0.4) is 0 Å². The zero-order chi connectivity index (χ0) is 58.1. The van der Waals surface area contributed by atoms with Crippen molar-refractivity contribution in [2.45, 2.75) is 97.6 Å². The zero-order valence-electron chi connectivity index (χ0n) is 42.8. The van der Waals surface area contributed by atoms with E-state index in [0.29, 0.717) is 57.2 Å². The smallest absolute Gasteiger partial charge is 0.303 e. The highest BCUT2D eigenvalue weighted by Gasteiger charge is 2.50. The Labute approximate surface area is 450 Å². The van der Waals surface area contributed by atoms with Crippen molar-refractivity contribution in [3.63, 3.8) is 0 Å². The Balaban J connectivity index is 1.43. The Morgan fingerprint density at radius 1 is 0.654 bits per heavy atom. The zero-order valence-corrected chi connectivity index (χ0v) is 46.9. The third-order valence-electron chi connectivity index (χ3n) is 14.2. The molecule has 0 fully saturated rings. The van der Waals surface area contributed by atoms with Crippen molar-refractivity contribution in [3.05, 3.63) is 107 Å². The van der Waals surface area contributed by atoms with Gasteiger partial charge < -0.3 is 20.6 Å². The molecular formula is C50H57N4O19S5+. The maximum Gasteiger partial charge on any atom is 0.303 e. The molecule has 0 saturated heterocycles. The van der Waals surface area contributed by atoms with E-state index in [9.17, 15) is 84.3 Å². The molecule has 2 heterocycles. The maximum absolute atomic E-state index is 14.7. The first-order chi connectivity index (χ1) is 35.9. The predicted molar refractivity (Wildman–Crippen MR) is 286 cm³/mol. The van der Waals surface area contributed by atoms with Crippen LogP contribution in [0.1, 0.15) is 78.4 Å². The standard InChI is InChI=1S/C50H56N4O19S5/c1-7-53-37-15-13-33-35(23-31(75(62,63)64)25-39(33)77(68,69)70)44(37)48(3,4)41(53)17-11-29-22-30(28-50(27-29,46(57)51-19-9-10-43(55)56)47(58)52-20-21-74(59,60)61)12-18-42-49(5,6)45-36-24-32(76(65,66)67)26-40(78(71,72)73)34(36)14-16-38(45)54(42)8-2/h11-18,22-26H,7-10,19-21,27-28H2,1-6H3,(H7-,51,52,55,56,57,58,59,60,61,62,63,64,65,66,67,68,69,70,71,72,73)/p+1. The van der Waals surface area contributed by atoms with E-state index in [1.807, 2.05) is 9.48 Å². The number of likely N-dealkylation sites (N-methyl/N-ethyl adjacent to an activating group) is 1. The quantitative estimate of drug-likeness (QED) is 0.0273. The highest BCUT2D eigenvalue weighted by atomic mass is 32.2. The van der Waals surface area contributed by atoms with E-state index in [2.05, 4.69) is 10.6 Å². The Bertz CT molecular complexity index is 4030. The average Bonchev–Trinajstić information content (AvgIpc) is 3.90. The fourth-order valence-corrected chi connectivity index (χ4v) is 13.9. The summed E-state index contributed by atoms with van der Waals surface area (Å²) in [5.74, 6) is -3.92. The van der Waals surface area contributed by atoms with E-state index < -0.39 is 116 Å². The van der Waals surface area contributed by atoms with Crippen LogP contribution in [0.5, 0.6) is 0 Å². The molecule has 3 aliphatic rings. The summed E-state index contributed by atoms with van der Waals surface area (Å²) in [6, 6.07) is 9.42. The molecule has 1 unspecified atom stereocenters. The third kappa shape index (κ3) is 11.5. The van der Waals surface area contributed by atoms with Crippen molar-refractivity contribution in [2.75, 3.05) is 36.8 Å². The second-order valence-electron chi connectivity index (χ2n) is 20.1. The number of hydrogen-bond donors (Lipinski definition) is 8. The second-order valence-corrected chi connectivity index (χ2v) is 27.2. The Morgan fingerprint density at radius 2 is 1.19 bits per heavy atom. The van der Waals surface area contributed by atoms with Crippen molar-refractivity contribution in [1.29, 1.82) is 0 Å². The topological polar surface area (TPSA) is 374 Å². The summed E-state index contributed by atoms with van der Waals surface area (Å²) in [5, 5.41) is 14.5. The van der Waals surface area contributed by atoms with Gasteiger partial charge in [-0.15, -0.1) is 0 Å². The van der Waals surface area contributed by atoms with Crippen LogP contribution < -0.4 is 15.5 Å². The number of nitrogens with zero attached hydrogens (tertiary/aromatic N) is 2. The normalized spacial score (nSPS) is 19.7. The van der Waals surface area contributed by atoms with E-state index >= 15 is 0 Å². The van der Waals surface area contributed by atoms with Crippen LogP contribution in [-0.2, 0) is 75.8 Å². The lowest BCUT2D eigenvalue weighted by Crippen LogP contribution is -2.53. The molecule has 0 saturated carbocycles. The van der Waals surface area contributed by atoms with Gasteiger partial charge in [-0.1, -0.05) is 38.1 Å². The van der Waals surface area contributed by atoms with Gasteiger partial charge in [0.05, 0.1) is 21.0 Å². The summed E-state index contributed by atoms with van der Waals surface area (Å²) in [6.45, 7) is 10.4. The second kappa shape index (κ2) is 20.8. The largest absolute Gasteiger partial charge is 0.481 e. The number of allylic oxidation sites excluding steroid dienone is 8. The number of carboxylic acid groups (broad SMARTS) is 1. The van der Waals surface area contributed by atoms with E-state index in [1.54, 1.807) is 84.1 Å². The molecule has 4 aromatic rings. The summed E-state index contributed by atoms with van der Waals surface area (Å²) in [5.41, 5.74) is -0.832. The minimum absolute atomic E-state index is 0.0412. The van der Waals surface area contributed by atoms with Crippen LogP contribution in [0.2, 0.25) is 0 Å². The van der Waals surface area contributed by atoms with Gasteiger partial charge >= 0.3 is 5.97 Å². The van der Waals surface area contributed by atoms with Gasteiger partial charge in [-0.2, -0.15) is 46.7 Å². The van der Waals surface area contributed by atoms with Crippen LogP contribution in [-0.4, -0.2) is 130 Å². The molecule has 2 aliphatic heterocycles. The number of amides is 2. The number of rotatable bonds is 18. The first-order valence-corrected chi connectivity index (χ1v) is 31.3. The number of carbonyl (C=O) groups excluding carboxylic acids is 2. The predicted octanol–water partition coefficient (Wildman–Crippen LogP) is 5.25. The van der Waals surface area contributed by atoms with Crippen LogP contribution in [0, 0.1) is 5.41 Å². The fraction of sp³-hybridized carbons (Fsp3) is 0.360. The molecule has 0 aromatic heterocycles. The summed E-state index contributed by atoms with van der Waals surface area (Å²) in [6.07, 6.45) is 7.15. The van der Waals surface area contributed by atoms with Crippen molar-refractivity contribution >= 4 is 107 Å². The number of hydrogen-bond acceptors (Lipinski definition) is 14. The minimum Gasteiger partial charge on any atom is -0.481 e. The van der Waals surface area contributed by atoms with Crippen molar-refractivity contribution < 1.29 is 88.9 Å². The summed E-state index contributed by atoms with van der Waals surface area (Å²) in [7, 11) is -24.8. The Kier molecular flexibility index (Phi) is 15.8. The number of nitrogens with one attached hydrogen (secondary N) is 2. The molecule has 7 rings (SSSR count). The molecule has 2 amide bonds. The number of anilines is 1. The lowest BCUT2D eigenvalue weighted by Gasteiger charge is -2.35. The molecule has 0 spiro atoms. The van der Waals surface area contributed by atoms with Gasteiger partial charge in [-0.25, -0.2) is 0 Å². The highest BCUT2D eigenvalue weighted by molar-refractivity contribution is 7.87. The first kappa shape index (κ1) is 59.5. The molecule has 1 atom stereocenters. The van der Waals surface area contributed by atoms with E-state index in [0.717, 1.165) is 12.1 Å². The van der Waals surface area contributed by atoms with Crippen molar-refractivity contribution in [1.82, 2.24) is 10.6 Å². The number of benzene rings is 4. The number of aliphatic carboxylic acids is 1. The molecule has 78 heavy (non-hydrogen) atoms. The monoisotopic (exact) mass is 1180 g/mol. The lowest BCUT2D eigenvalue weighted by atomic mass is 9.70. The maximum atomic E-state index is 14.7. The molecule has 28 heteroatoms. The van der Waals surface area contributed by atoms with Gasteiger partial charge in [0, 0.05) is 71.3 Å². The molecule has 0 radical (unpaired) electrons. The summed E-state index contributed by atoms with van der Waals surface area (Å²) < 4.78 is 176. The van der Waals surface area contributed by atoms with Gasteiger partial charge in [-0.05, 0) is 117 Å². The fourth-order valence-electron chi connectivity index (χ4n) is 10.9. The summed E-state index contributed by atoms with van der Waals surface area (Å²) >= 11 is 0. The first-order valence-electron chi connectivity index (χ1n) is 24.0. The summed E-state index contributed by atoms with van der Waals surface area (Å²) in [4.78, 5) is 39.4. The van der Waals surface area contributed by atoms with Gasteiger partial charge in [0.2, 0.25) is 17.5 Å². The Morgan fingerprint density at radius 3 is 1.69 bits per heavy atom.